The van der Waals surface area contributed by atoms with Crippen LogP contribution in [0.25, 0.3) is 0 Å². The van der Waals surface area contributed by atoms with E-state index in [1.54, 1.807) is 46.2 Å². The molecule has 0 fully saturated rings. The van der Waals surface area contributed by atoms with Gasteiger partial charge in [0.2, 0.25) is 0 Å². The molecular formula is C58H62BN3. The predicted molar refractivity (Wildman–Crippen MR) is 270 cm³/mol. The lowest BCUT2D eigenvalue weighted by atomic mass is 9.33. The molecule has 0 atom stereocenters. The third-order valence-corrected chi connectivity index (χ3v) is 11.4. The molecule has 62 heavy (non-hydrogen) atoms. The average molecular weight is 830 g/mol. The zero-order valence-corrected chi connectivity index (χ0v) is 37.5. The first-order chi connectivity index (χ1) is 36.7. The lowest BCUT2D eigenvalue weighted by Gasteiger charge is -2.45. The minimum Gasteiger partial charge on any atom is -0.311 e. The minimum atomic E-state index is -1.11. The van der Waals surface area contributed by atoms with Gasteiger partial charge in [0.15, 0.2) is 0 Å². The molecule has 0 bridgehead atoms. The van der Waals surface area contributed by atoms with E-state index < -0.39 is 100 Å². The maximum atomic E-state index is 10.4. The van der Waals surface area contributed by atoms with Crippen molar-refractivity contribution in [1.82, 2.24) is 0 Å². The molecule has 0 N–H and O–H groups in total. The number of benzene rings is 7. The summed E-state index contributed by atoms with van der Waals surface area (Å²) in [6, 6.07) is 4.49. The molecule has 0 unspecified atom stereocenters. The molecule has 7 aromatic rings. The summed E-state index contributed by atoms with van der Waals surface area (Å²) in [7, 11) is 0. The first-order valence-electron chi connectivity index (χ1n) is 30.0. The monoisotopic (exact) mass is 830 g/mol. The molecule has 0 aromatic heterocycles. The van der Waals surface area contributed by atoms with Gasteiger partial charge < -0.3 is 14.7 Å². The third-order valence-electron chi connectivity index (χ3n) is 11.4. The van der Waals surface area contributed by atoms with Gasteiger partial charge in [-0.05, 0) is 133 Å². The minimum absolute atomic E-state index is 0.0137. The summed E-state index contributed by atoms with van der Waals surface area (Å²) < 4.78 is 169. The van der Waals surface area contributed by atoms with Crippen LogP contribution in [0.3, 0.4) is 0 Å². The van der Waals surface area contributed by atoms with E-state index >= 15 is 0 Å². The summed E-state index contributed by atoms with van der Waals surface area (Å²) in [6.45, 7) is 21.5. The van der Waals surface area contributed by atoms with E-state index in [0.717, 1.165) is 4.90 Å². The first kappa shape index (κ1) is 25.2. The second-order valence-corrected chi connectivity index (χ2v) is 20.2. The van der Waals surface area contributed by atoms with Crippen molar-refractivity contribution in [3.63, 3.8) is 0 Å². The van der Waals surface area contributed by atoms with Gasteiger partial charge in [0.25, 0.3) is 6.71 Å². The summed E-state index contributed by atoms with van der Waals surface area (Å²) >= 11 is 0. The fraction of sp³-hybridized carbons (Fsp3) is 0.276. The van der Waals surface area contributed by atoms with Crippen molar-refractivity contribution in [2.75, 3.05) is 14.7 Å². The number of para-hydroxylation sites is 2. The van der Waals surface area contributed by atoms with Gasteiger partial charge in [-0.3, -0.25) is 0 Å². The topological polar surface area (TPSA) is 9.72 Å². The van der Waals surface area contributed by atoms with Crippen LogP contribution in [-0.4, -0.2) is 6.71 Å². The molecule has 2 aliphatic heterocycles. The first-order valence-corrected chi connectivity index (χ1v) is 21.0. The SMILES string of the molecule is [2H]c1cc(N2c3cc(N(c4c([2H])c([2H])c([2H])c([2H])c4[2H])c4c([2H])c([2H])c([2H])c([2H])c4[2H])cc4c3B(c3c2cc([2H])c(C(C)(C)C)c3[2H])c2c(cc([2H])c(C(C)(C)C)c2[2H])N4c2cc([2H])c(C(C)(C)C)c([2H])c2)cc([2H])c1C(C)(C)C. The van der Waals surface area contributed by atoms with Crippen molar-refractivity contribution >= 4 is 74.3 Å². The second kappa shape index (κ2) is 14.8. The molecule has 0 aliphatic carbocycles. The fourth-order valence-electron chi connectivity index (χ4n) is 8.13. The number of hydrogen-bond acceptors (Lipinski definition) is 3. The number of fused-ring (bicyclic) bond motifs is 4. The molecule has 0 spiro atoms. The normalized spacial score (nSPS) is 17.8. The van der Waals surface area contributed by atoms with Crippen LogP contribution >= 0.6 is 0 Å². The third kappa shape index (κ3) is 7.32. The van der Waals surface area contributed by atoms with Gasteiger partial charge in [-0.15, -0.1) is 0 Å². The summed E-state index contributed by atoms with van der Waals surface area (Å²) in [4.78, 5) is 4.37. The lowest BCUT2D eigenvalue weighted by Crippen LogP contribution is -2.61. The molecule has 0 saturated carbocycles. The molecule has 2 heterocycles. The molecule has 0 amide bonds. The molecule has 9 rings (SSSR count). The van der Waals surface area contributed by atoms with Crippen LogP contribution in [0.2, 0.25) is 0 Å². The van der Waals surface area contributed by atoms with E-state index in [9.17, 15) is 16.4 Å². The van der Waals surface area contributed by atoms with Crippen LogP contribution in [0.1, 0.15) is 130 Å². The van der Waals surface area contributed by atoms with Crippen LogP contribution in [0.15, 0.2) is 157 Å². The fourth-order valence-corrected chi connectivity index (χ4v) is 8.13. The van der Waals surface area contributed by atoms with Crippen molar-refractivity contribution < 1.29 is 24.7 Å². The van der Waals surface area contributed by atoms with Crippen molar-refractivity contribution in [2.24, 2.45) is 0 Å². The van der Waals surface area contributed by atoms with Crippen molar-refractivity contribution in [3.8, 4) is 0 Å². The van der Waals surface area contributed by atoms with E-state index in [1.165, 1.54) is 12.1 Å². The number of hydrogen-bond donors (Lipinski definition) is 0. The molecule has 312 valence electrons. The van der Waals surface area contributed by atoms with E-state index in [2.05, 4.69) is 0 Å². The van der Waals surface area contributed by atoms with Gasteiger partial charge in [0.05, 0.1) is 30.4 Å². The Kier molecular flexibility index (Phi) is 6.03. The van der Waals surface area contributed by atoms with E-state index in [1.807, 2.05) is 83.1 Å². The number of nitrogens with zero attached hydrogens (tertiary/aromatic N) is 3. The summed E-state index contributed by atoms with van der Waals surface area (Å²) in [5, 5.41) is 0. The van der Waals surface area contributed by atoms with E-state index in [4.69, 9.17) is 8.22 Å². The zero-order valence-electron chi connectivity index (χ0n) is 55.5. The van der Waals surface area contributed by atoms with Crippen LogP contribution in [0.4, 0.5) is 51.2 Å². The summed E-state index contributed by atoms with van der Waals surface area (Å²) in [5.41, 5.74) is -0.445. The Morgan fingerprint density at radius 2 is 0.742 bits per heavy atom. The highest BCUT2D eigenvalue weighted by Gasteiger charge is 2.45. The van der Waals surface area contributed by atoms with Gasteiger partial charge in [0.1, 0.15) is 0 Å². The van der Waals surface area contributed by atoms with Crippen LogP contribution < -0.4 is 31.1 Å². The summed E-state index contributed by atoms with van der Waals surface area (Å²) in [5.74, 6) is 0. The number of anilines is 9. The molecule has 7 aromatic carbocycles. The smallest absolute Gasteiger partial charge is 0.252 e. The molecule has 0 saturated heterocycles. The molecule has 0 radical (unpaired) electrons. The van der Waals surface area contributed by atoms with Gasteiger partial charge in [0, 0.05) is 45.5 Å². The number of rotatable bonds is 5. The Morgan fingerprint density at radius 1 is 0.403 bits per heavy atom. The van der Waals surface area contributed by atoms with Crippen LogP contribution in [0.5, 0.6) is 0 Å². The Hall–Kier alpha value is -6.00. The van der Waals surface area contributed by atoms with Crippen LogP contribution in [-0.2, 0) is 21.7 Å². The Morgan fingerprint density at radius 3 is 1.08 bits per heavy atom. The highest BCUT2D eigenvalue weighted by atomic mass is 15.2. The highest BCUT2D eigenvalue weighted by Crippen LogP contribution is 2.49. The van der Waals surface area contributed by atoms with E-state index in [-0.39, 0.29) is 88.2 Å². The maximum absolute atomic E-state index is 10.4. The largest absolute Gasteiger partial charge is 0.311 e. The molecular weight excluding hydrogens is 749 g/mol. The standard InChI is InChI=1S/C58H62BN3/c1-55(2,3)39-23-29-45(30-24-39)61-50-33-27-41(57(7,8)9)35-48(50)59-49-36-42(58(10,11)12)28-34-51(49)62(46-31-25-40(26-32-46)56(4,5)6)53-38-47(37-52(61)54(53)59)60(43-19-15-13-16-20-43)44-21-17-14-18-22-44/h13-38H,1-12H3/i13D,14D,15D,16D,17D,18D,19D,20D,21D,22D,23D,24D,25D,26D,27D,28D,35D,36D. The maximum Gasteiger partial charge on any atom is 0.252 e. The van der Waals surface area contributed by atoms with Crippen LogP contribution in [0, 0.1) is 0 Å². The van der Waals surface area contributed by atoms with Gasteiger partial charge >= 0.3 is 0 Å². The van der Waals surface area contributed by atoms with E-state index in [0.29, 0.717) is 38.6 Å². The molecule has 3 nitrogen and oxygen atoms in total. The Bertz CT molecular complexity index is 3500. The lowest BCUT2D eigenvalue weighted by molar-refractivity contribution is 0.590. The predicted octanol–water partition coefficient (Wildman–Crippen LogP) is 14.4. The summed E-state index contributed by atoms with van der Waals surface area (Å²) in [6.07, 6.45) is 0. The zero-order chi connectivity index (χ0) is 59.6. The van der Waals surface area contributed by atoms with Gasteiger partial charge in [-0.2, -0.15) is 0 Å². The average Bonchev–Trinajstić information content (AvgIpc) is 3.30. The Labute approximate surface area is 397 Å². The van der Waals surface area contributed by atoms with Gasteiger partial charge in [-0.1, -0.05) is 168 Å². The molecule has 4 heteroatoms. The van der Waals surface area contributed by atoms with Crippen molar-refractivity contribution in [1.29, 1.82) is 0 Å². The van der Waals surface area contributed by atoms with Crippen molar-refractivity contribution in [3.05, 3.63) is 180 Å². The molecule has 2 aliphatic rings. The van der Waals surface area contributed by atoms with Gasteiger partial charge in [-0.25, -0.2) is 0 Å². The second-order valence-electron chi connectivity index (χ2n) is 20.2. The van der Waals surface area contributed by atoms with Crippen molar-refractivity contribution in [2.45, 2.75) is 105 Å². The highest BCUT2D eigenvalue weighted by molar-refractivity contribution is 7.00. The Balaban J connectivity index is 1.61. The quantitative estimate of drug-likeness (QED) is 0.160.